The zero-order chi connectivity index (χ0) is 12.5. The molecule has 0 bridgehead atoms. The SMILES string of the molecule is Nc1ncccc1CC(O)C1CCS(=O)(=O)C1. The second kappa shape index (κ2) is 4.62. The Balaban J connectivity index is 2.03. The van der Waals surface area contributed by atoms with E-state index < -0.39 is 15.9 Å². The zero-order valence-corrected chi connectivity index (χ0v) is 10.2. The van der Waals surface area contributed by atoms with Gasteiger partial charge in [-0.05, 0) is 18.1 Å². The molecule has 94 valence electrons. The lowest BCUT2D eigenvalue weighted by Gasteiger charge is -2.17. The van der Waals surface area contributed by atoms with Crippen molar-refractivity contribution in [1.29, 1.82) is 0 Å². The minimum Gasteiger partial charge on any atom is -0.392 e. The molecule has 3 N–H and O–H groups in total. The fourth-order valence-electron chi connectivity index (χ4n) is 2.14. The number of anilines is 1. The zero-order valence-electron chi connectivity index (χ0n) is 9.41. The van der Waals surface area contributed by atoms with E-state index in [9.17, 15) is 13.5 Å². The first-order valence-corrected chi connectivity index (χ1v) is 7.38. The number of hydrogen-bond acceptors (Lipinski definition) is 5. The highest BCUT2D eigenvalue weighted by atomic mass is 32.2. The first-order valence-electron chi connectivity index (χ1n) is 5.56. The molecule has 1 aliphatic rings. The molecule has 1 fully saturated rings. The third-order valence-electron chi connectivity index (χ3n) is 3.17. The third-order valence-corrected chi connectivity index (χ3v) is 4.96. The van der Waals surface area contributed by atoms with E-state index in [0.717, 1.165) is 5.56 Å². The van der Waals surface area contributed by atoms with Crippen LogP contribution < -0.4 is 5.73 Å². The number of pyridine rings is 1. The van der Waals surface area contributed by atoms with E-state index in [1.165, 1.54) is 0 Å². The Kier molecular flexibility index (Phi) is 3.35. The Bertz CT molecular complexity index is 501. The van der Waals surface area contributed by atoms with Gasteiger partial charge in [-0.3, -0.25) is 0 Å². The monoisotopic (exact) mass is 256 g/mol. The van der Waals surface area contributed by atoms with Crippen LogP contribution in [0.4, 0.5) is 5.82 Å². The lowest BCUT2D eigenvalue weighted by atomic mass is 9.96. The highest BCUT2D eigenvalue weighted by Crippen LogP contribution is 2.24. The minimum atomic E-state index is -2.95. The van der Waals surface area contributed by atoms with Gasteiger partial charge in [-0.2, -0.15) is 0 Å². The van der Waals surface area contributed by atoms with Crippen LogP contribution in [0.15, 0.2) is 18.3 Å². The molecule has 0 saturated carbocycles. The average molecular weight is 256 g/mol. The predicted octanol–water partition coefficient (Wildman–Crippen LogP) is 0.00190. The van der Waals surface area contributed by atoms with Gasteiger partial charge in [0.15, 0.2) is 9.84 Å². The van der Waals surface area contributed by atoms with Crippen LogP contribution in [0.25, 0.3) is 0 Å². The van der Waals surface area contributed by atoms with Gasteiger partial charge in [-0.25, -0.2) is 13.4 Å². The second-order valence-electron chi connectivity index (χ2n) is 4.48. The van der Waals surface area contributed by atoms with Crippen molar-refractivity contribution >= 4 is 15.7 Å². The van der Waals surface area contributed by atoms with Crippen LogP contribution in [0, 0.1) is 5.92 Å². The van der Waals surface area contributed by atoms with Gasteiger partial charge in [0.2, 0.25) is 0 Å². The maximum absolute atomic E-state index is 11.3. The summed E-state index contributed by atoms with van der Waals surface area (Å²) >= 11 is 0. The van der Waals surface area contributed by atoms with Gasteiger partial charge in [0.1, 0.15) is 5.82 Å². The van der Waals surface area contributed by atoms with Gasteiger partial charge in [0.05, 0.1) is 17.6 Å². The number of nitrogen functional groups attached to an aromatic ring is 1. The summed E-state index contributed by atoms with van der Waals surface area (Å²) in [6.07, 6.45) is 1.81. The Hall–Kier alpha value is -1.14. The molecule has 2 unspecified atom stereocenters. The highest BCUT2D eigenvalue weighted by Gasteiger charge is 2.32. The summed E-state index contributed by atoms with van der Waals surface area (Å²) in [7, 11) is -2.95. The molecule has 1 saturated heterocycles. The van der Waals surface area contributed by atoms with Crippen molar-refractivity contribution in [2.24, 2.45) is 5.92 Å². The van der Waals surface area contributed by atoms with Crippen LogP contribution in [-0.4, -0.2) is 36.1 Å². The third kappa shape index (κ3) is 2.95. The summed E-state index contributed by atoms with van der Waals surface area (Å²) in [5, 5.41) is 10.0. The smallest absolute Gasteiger partial charge is 0.150 e. The van der Waals surface area contributed by atoms with Gasteiger partial charge in [-0.1, -0.05) is 6.07 Å². The van der Waals surface area contributed by atoms with Gasteiger partial charge in [0.25, 0.3) is 0 Å². The minimum absolute atomic E-state index is 0.0777. The maximum Gasteiger partial charge on any atom is 0.150 e. The van der Waals surface area contributed by atoms with Gasteiger partial charge < -0.3 is 10.8 Å². The lowest BCUT2D eigenvalue weighted by molar-refractivity contribution is 0.120. The van der Waals surface area contributed by atoms with Crippen molar-refractivity contribution in [2.75, 3.05) is 17.2 Å². The number of aliphatic hydroxyl groups is 1. The van der Waals surface area contributed by atoms with Crippen LogP contribution in [-0.2, 0) is 16.3 Å². The quantitative estimate of drug-likeness (QED) is 0.794. The summed E-state index contributed by atoms with van der Waals surface area (Å²) in [5.41, 5.74) is 6.45. The van der Waals surface area contributed by atoms with Crippen LogP contribution in [0.5, 0.6) is 0 Å². The van der Waals surface area contributed by atoms with Gasteiger partial charge in [-0.15, -0.1) is 0 Å². The van der Waals surface area contributed by atoms with Crippen molar-refractivity contribution in [3.63, 3.8) is 0 Å². The number of aliphatic hydroxyl groups excluding tert-OH is 1. The summed E-state index contributed by atoms with van der Waals surface area (Å²) in [4.78, 5) is 3.94. The molecule has 0 amide bonds. The molecule has 0 aromatic carbocycles. The molecule has 1 aliphatic heterocycles. The molecule has 2 rings (SSSR count). The van der Waals surface area contributed by atoms with Crippen LogP contribution >= 0.6 is 0 Å². The van der Waals surface area contributed by atoms with Crippen LogP contribution in [0.1, 0.15) is 12.0 Å². The molecular formula is C11H16N2O3S. The number of nitrogens with zero attached hydrogens (tertiary/aromatic N) is 1. The molecule has 0 aliphatic carbocycles. The topological polar surface area (TPSA) is 93.3 Å². The summed E-state index contributed by atoms with van der Waals surface area (Å²) in [6.45, 7) is 0. The molecule has 17 heavy (non-hydrogen) atoms. The Morgan fingerprint density at radius 2 is 2.35 bits per heavy atom. The highest BCUT2D eigenvalue weighted by molar-refractivity contribution is 7.91. The van der Waals surface area contributed by atoms with E-state index in [2.05, 4.69) is 4.98 Å². The van der Waals surface area contributed by atoms with Gasteiger partial charge >= 0.3 is 0 Å². The molecule has 1 aromatic heterocycles. The van der Waals surface area contributed by atoms with E-state index in [1.54, 1.807) is 18.3 Å². The fourth-order valence-corrected chi connectivity index (χ4v) is 4.01. The summed E-state index contributed by atoms with van der Waals surface area (Å²) < 4.78 is 22.6. The van der Waals surface area contributed by atoms with Crippen molar-refractivity contribution < 1.29 is 13.5 Å². The standard InChI is InChI=1S/C11H16N2O3S/c12-11-8(2-1-4-13-11)6-10(14)9-3-5-17(15,16)7-9/h1-2,4,9-10,14H,3,5-7H2,(H2,12,13). The van der Waals surface area contributed by atoms with E-state index in [1.807, 2.05) is 0 Å². The molecule has 0 spiro atoms. The maximum atomic E-state index is 11.3. The van der Waals surface area contributed by atoms with E-state index in [-0.39, 0.29) is 17.4 Å². The van der Waals surface area contributed by atoms with E-state index in [0.29, 0.717) is 18.7 Å². The lowest BCUT2D eigenvalue weighted by Crippen LogP contribution is -2.24. The number of nitrogens with two attached hydrogens (primary N) is 1. The summed E-state index contributed by atoms with van der Waals surface area (Å²) in [6, 6.07) is 3.55. The molecule has 2 atom stereocenters. The second-order valence-corrected chi connectivity index (χ2v) is 6.71. The van der Waals surface area contributed by atoms with E-state index >= 15 is 0 Å². The van der Waals surface area contributed by atoms with Crippen molar-refractivity contribution in [3.05, 3.63) is 23.9 Å². The Labute approximate surface area is 101 Å². The number of aromatic nitrogens is 1. The molecule has 1 aromatic rings. The van der Waals surface area contributed by atoms with Crippen LogP contribution in [0.3, 0.4) is 0 Å². The molecule has 5 nitrogen and oxygen atoms in total. The normalized spacial score (nSPS) is 24.6. The number of sulfone groups is 1. The molecule has 6 heteroatoms. The first-order chi connectivity index (χ1) is 7.98. The molecular weight excluding hydrogens is 240 g/mol. The Morgan fingerprint density at radius 3 is 2.94 bits per heavy atom. The van der Waals surface area contributed by atoms with Crippen LogP contribution in [0.2, 0.25) is 0 Å². The average Bonchev–Trinajstić information content (AvgIpc) is 2.62. The van der Waals surface area contributed by atoms with Gasteiger partial charge in [0, 0.05) is 18.5 Å². The summed E-state index contributed by atoms with van der Waals surface area (Å²) in [5.74, 6) is 0.470. The molecule has 2 heterocycles. The Morgan fingerprint density at radius 1 is 1.59 bits per heavy atom. The van der Waals surface area contributed by atoms with Crippen molar-refractivity contribution in [1.82, 2.24) is 4.98 Å². The van der Waals surface area contributed by atoms with Crippen molar-refractivity contribution in [2.45, 2.75) is 18.9 Å². The van der Waals surface area contributed by atoms with E-state index in [4.69, 9.17) is 5.73 Å². The number of rotatable bonds is 3. The first kappa shape index (κ1) is 12.3. The van der Waals surface area contributed by atoms with Crippen molar-refractivity contribution in [3.8, 4) is 0 Å². The fraction of sp³-hybridized carbons (Fsp3) is 0.545. The molecule has 0 radical (unpaired) electrons. The predicted molar refractivity (Wildman–Crippen MR) is 65.1 cm³/mol. The largest absolute Gasteiger partial charge is 0.392 e. The number of hydrogen-bond donors (Lipinski definition) is 2.